The molecular formula is C11H14BrNO2S. The first-order chi connectivity index (χ1) is 7.51. The van der Waals surface area contributed by atoms with Gasteiger partial charge in [0, 0.05) is 17.6 Å². The van der Waals surface area contributed by atoms with E-state index in [4.69, 9.17) is 0 Å². The average molecular weight is 304 g/mol. The molecule has 0 unspecified atom stereocenters. The van der Waals surface area contributed by atoms with Crippen LogP contribution in [0.3, 0.4) is 0 Å². The Morgan fingerprint density at radius 3 is 2.44 bits per heavy atom. The average Bonchev–Trinajstić information content (AvgIpc) is 2.69. The van der Waals surface area contributed by atoms with Gasteiger partial charge in [0.25, 0.3) is 0 Å². The number of sulfonamides is 1. The van der Waals surface area contributed by atoms with E-state index in [-0.39, 0.29) is 0 Å². The third-order valence-corrected chi connectivity index (χ3v) is 5.65. The fraction of sp³-hybridized carbons (Fsp3) is 0.455. The maximum absolute atomic E-state index is 12.3. The fourth-order valence-electron chi connectivity index (χ4n) is 1.88. The maximum atomic E-state index is 12.3. The molecular weight excluding hydrogens is 290 g/mol. The molecule has 88 valence electrons. The molecule has 0 bridgehead atoms. The van der Waals surface area contributed by atoms with E-state index >= 15 is 0 Å². The minimum atomic E-state index is -3.30. The van der Waals surface area contributed by atoms with E-state index in [0.29, 0.717) is 22.5 Å². The van der Waals surface area contributed by atoms with Crippen molar-refractivity contribution in [3.63, 3.8) is 0 Å². The van der Waals surface area contributed by atoms with Crippen LogP contribution in [0.4, 0.5) is 0 Å². The highest BCUT2D eigenvalue weighted by atomic mass is 79.9. The summed E-state index contributed by atoms with van der Waals surface area (Å²) in [6.07, 6.45) is 1.92. The lowest BCUT2D eigenvalue weighted by Crippen LogP contribution is -2.28. The zero-order chi connectivity index (χ0) is 11.8. The molecule has 1 heterocycles. The molecule has 5 heteroatoms. The summed E-state index contributed by atoms with van der Waals surface area (Å²) in [5, 5.41) is 0. The van der Waals surface area contributed by atoms with E-state index in [1.54, 1.807) is 10.4 Å². The number of hydrogen-bond acceptors (Lipinski definition) is 2. The predicted octanol–water partition coefficient (Wildman–Crippen LogP) is 2.54. The zero-order valence-corrected chi connectivity index (χ0v) is 11.5. The third-order valence-electron chi connectivity index (χ3n) is 2.77. The molecule has 0 amide bonds. The van der Waals surface area contributed by atoms with Crippen molar-refractivity contribution in [1.29, 1.82) is 0 Å². The quantitative estimate of drug-likeness (QED) is 0.842. The van der Waals surface area contributed by atoms with Gasteiger partial charge in [0.05, 0.1) is 4.90 Å². The lowest BCUT2D eigenvalue weighted by molar-refractivity contribution is 0.477. The van der Waals surface area contributed by atoms with Crippen LogP contribution < -0.4 is 0 Å². The molecule has 0 aromatic heterocycles. The van der Waals surface area contributed by atoms with Gasteiger partial charge in [0.15, 0.2) is 0 Å². The van der Waals surface area contributed by atoms with Crippen molar-refractivity contribution in [2.45, 2.75) is 24.7 Å². The highest BCUT2D eigenvalue weighted by Crippen LogP contribution is 2.27. The van der Waals surface area contributed by atoms with Crippen LogP contribution in [-0.4, -0.2) is 25.8 Å². The van der Waals surface area contributed by atoms with Crippen molar-refractivity contribution in [3.8, 4) is 0 Å². The molecule has 0 radical (unpaired) electrons. The summed E-state index contributed by atoms with van der Waals surface area (Å²) in [6.45, 7) is 3.22. The first-order valence-electron chi connectivity index (χ1n) is 5.28. The molecule has 1 saturated heterocycles. The first-order valence-corrected chi connectivity index (χ1v) is 7.51. The molecule has 1 fully saturated rings. The SMILES string of the molecule is Cc1ccc(S(=O)(=O)N2CCCC2)c(Br)c1. The lowest BCUT2D eigenvalue weighted by atomic mass is 10.2. The summed E-state index contributed by atoms with van der Waals surface area (Å²) < 4.78 is 26.7. The molecule has 1 aromatic carbocycles. The van der Waals surface area contributed by atoms with Crippen LogP contribution in [0.25, 0.3) is 0 Å². The molecule has 0 N–H and O–H groups in total. The van der Waals surface area contributed by atoms with E-state index < -0.39 is 10.0 Å². The van der Waals surface area contributed by atoms with Crippen molar-refractivity contribution in [1.82, 2.24) is 4.31 Å². The Balaban J connectivity index is 2.42. The first kappa shape index (κ1) is 12.1. The van der Waals surface area contributed by atoms with E-state index in [1.165, 1.54) is 0 Å². The van der Waals surface area contributed by atoms with Gasteiger partial charge >= 0.3 is 0 Å². The van der Waals surface area contributed by atoms with Crippen molar-refractivity contribution in [3.05, 3.63) is 28.2 Å². The second-order valence-electron chi connectivity index (χ2n) is 4.05. The van der Waals surface area contributed by atoms with Crippen molar-refractivity contribution >= 4 is 26.0 Å². The van der Waals surface area contributed by atoms with E-state index in [9.17, 15) is 8.42 Å². The van der Waals surface area contributed by atoms with Gasteiger partial charge in [0.1, 0.15) is 0 Å². The predicted molar refractivity (Wildman–Crippen MR) is 66.9 cm³/mol. The third kappa shape index (κ3) is 2.17. The highest BCUT2D eigenvalue weighted by Gasteiger charge is 2.28. The monoisotopic (exact) mass is 303 g/mol. The smallest absolute Gasteiger partial charge is 0.207 e. The van der Waals surface area contributed by atoms with Gasteiger partial charge in [-0.3, -0.25) is 0 Å². The molecule has 0 atom stereocenters. The van der Waals surface area contributed by atoms with E-state index in [2.05, 4.69) is 15.9 Å². The van der Waals surface area contributed by atoms with Gasteiger partial charge in [0.2, 0.25) is 10.0 Å². The van der Waals surface area contributed by atoms with Gasteiger partial charge < -0.3 is 0 Å². The molecule has 0 spiro atoms. The molecule has 3 nitrogen and oxygen atoms in total. The number of halogens is 1. The lowest BCUT2D eigenvalue weighted by Gasteiger charge is -2.16. The fourth-order valence-corrected chi connectivity index (χ4v) is 4.55. The number of hydrogen-bond donors (Lipinski definition) is 0. The van der Waals surface area contributed by atoms with Gasteiger partial charge in [-0.15, -0.1) is 0 Å². The largest absolute Gasteiger partial charge is 0.244 e. The summed E-state index contributed by atoms with van der Waals surface area (Å²) in [6, 6.07) is 5.34. The Kier molecular flexibility index (Phi) is 3.37. The van der Waals surface area contributed by atoms with Crippen LogP contribution in [0, 0.1) is 6.92 Å². The standard InChI is InChI=1S/C11H14BrNO2S/c1-9-4-5-11(10(12)8-9)16(14,15)13-6-2-3-7-13/h4-5,8H,2-3,6-7H2,1H3. The highest BCUT2D eigenvalue weighted by molar-refractivity contribution is 9.10. The topological polar surface area (TPSA) is 37.4 Å². The molecule has 0 aliphatic carbocycles. The number of aryl methyl sites for hydroxylation is 1. The zero-order valence-electron chi connectivity index (χ0n) is 9.11. The second-order valence-corrected chi connectivity index (χ2v) is 6.81. The van der Waals surface area contributed by atoms with Crippen LogP contribution in [0.15, 0.2) is 27.6 Å². The summed E-state index contributed by atoms with van der Waals surface area (Å²) >= 11 is 3.32. The Morgan fingerprint density at radius 2 is 1.88 bits per heavy atom. The van der Waals surface area contributed by atoms with Crippen molar-refractivity contribution in [2.24, 2.45) is 0 Å². The minimum absolute atomic E-state index is 0.375. The summed E-state index contributed by atoms with van der Waals surface area (Å²) in [7, 11) is -3.30. The van der Waals surface area contributed by atoms with Crippen LogP contribution in [0.2, 0.25) is 0 Å². The molecule has 1 aliphatic heterocycles. The molecule has 0 saturated carbocycles. The second kappa shape index (κ2) is 4.47. The van der Waals surface area contributed by atoms with E-state index in [1.807, 2.05) is 19.1 Å². The van der Waals surface area contributed by atoms with Crippen LogP contribution in [-0.2, 0) is 10.0 Å². The Bertz CT molecular complexity index is 493. The van der Waals surface area contributed by atoms with Crippen molar-refractivity contribution < 1.29 is 8.42 Å². The number of benzene rings is 1. The summed E-state index contributed by atoms with van der Waals surface area (Å²) in [4.78, 5) is 0.375. The Hall–Kier alpha value is -0.390. The van der Waals surface area contributed by atoms with Crippen LogP contribution in [0.5, 0.6) is 0 Å². The number of rotatable bonds is 2. The van der Waals surface area contributed by atoms with Gasteiger partial charge in [-0.05, 0) is 53.4 Å². The maximum Gasteiger partial charge on any atom is 0.244 e. The van der Waals surface area contributed by atoms with Gasteiger partial charge in [-0.25, -0.2) is 8.42 Å². The normalized spacial score (nSPS) is 17.9. The van der Waals surface area contributed by atoms with Crippen LogP contribution in [0.1, 0.15) is 18.4 Å². The number of nitrogens with zero attached hydrogens (tertiary/aromatic N) is 1. The summed E-state index contributed by atoms with van der Waals surface area (Å²) in [5.74, 6) is 0. The molecule has 2 rings (SSSR count). The summed E-state index contributed by atoms with van der Waals surface area (Å²) in [5.41, 5.74) is 1.05. The van der Waals surface area contributed by atoms with E-state index in [0.717, 1.165) is 18.4 Å². The van der Waals surface area contributed by atoms with Crippen LogP contribution >= 0.6 is 15.9 Å². The molecule has 16 heavy (non-hydrogen) atoms. The van der Waals surface area contributed by atoms with Gasteiger partial charge in [-0.1, -0.05) is 6.07 Å². The van der Waals surface area contributed by atoms with Crippen molar-refractivity contribution in [2.75, 3.05) is 13.1 Å². The molecule has 1 aliphatic rings. The Morgan fingerprint density at radius 1 is 1.25 bits per heavy atom. The Labute approximate surface area is 105 Å². The molecule has 1 aromatic rings. The minimum Gasteiger partial charge on any atom is -0.207 e. The van der Waals surface area contributed by atoms with Gasteiger partial charge in [-0.2, -0.15) is 4.31 Å².